The third-order valence-corrected chi connectivity index (χ3v) is 2.43. The largest absolute Gasteiger partial charge is 0.464 e. The minimum atomic E-state index is -0.000920. The minimum absolute atomic E-state index is 0.000920. The molecule has 0 bridgehead atoms. The Morgan fingerprint density at radius 1 is 1.25 bits per heavy atom. The van der Waals surface area contributed by atoms with Crippen LogP contribution in [0, 0.1) is 0 Å². The highest BCUT2D eigenvalue weighted by Crippen LogP contribution is 2.24. The minimum Gasteiger partial charge on any atom is -0.464 e. The molecule has 3 heteroatoms. The van der Waals surface area contributed by atoms with Gasteiger partial charge in [0.25, 0.3) is 0 Å². The van der Waals surface area contributed by atoms with Crippen molar-refractivity contribution in [2.45, 2.75) is 6.42 Å². The fourth-order valence-corrected chi connectivity index (χ4v) is 1.61. The van der Waals surface area contributed by atoms with Crippen LogP contribution in [0.3, 0.4) is 0 Å². The van der Waals surface area contributed by atoms with Crippen LogP contribution in [0.25, 0.3) is 11.3 Å². The fraction of sp³-hybridized carbons (Fsp3) is 0.154. The van der Waals surface area contributed by atoms with Gasteiger partial charge in [0.15, 0.2) is 0 Å². The zero-order valence-electron chi connectivity index (χ0n) is 9.07. The van der Waals surface area contributed by atoms with E-state index in [9.17, 15) is 4.79 Å². The predicted octanol–water partition coefficient (Wildman–Crippen LogP) is 2.24. The van der Waals surface area contributed by atoms with Gasteiger partial charge in [0.2, 0.25) is 5.91 Å². The fourth-order valence-electron chi connectivity index (χ4n) is 1.61. The number of hydrogen-bond acceptors (Lipinski definition) is 2. The standard InChI is InChI=1S/C13H13NO2/c1-14-13(15)9-10-5-2-3-6-11(10)12-7-4-8-16-12/h2-8H,9H2,1H3,(H,14,15). The van der Waals surface area contributed by atoms with E-state index in [-0.39, 0.29) is 5.91 Å². The monoisotopic (exact) mass is 215 g/mol. The van der Waals surface area contributed by atoms with Gasteiger partial charge < -0.3 is 9.73 Å². The van der Waals surface area contributed by atoms with Gasteiger partial charge in [-0.15, -0.1) is 0 Å². The number of amides is 1. The highest BCUT2D eigenvalue weighted by Gasteiger charge is 2.09. The Morgan fingerprint density at radius 2 is 2.06 bits per heavy atom. The van der Waals surface area contributed by atoms with Crippen molar-refractivity contribution in [1.29, 1.82) is 0 Å². The Balaban J connectivity index is 2.35. The second-order valence-electron chi connectivity index (χ2n) is 3.48. The van der Waals surface area contributed by atoms with Crippen molar-refractivity contribution in [1.82, 2.24) is 5.32 Å². The lowest BCUT2D eigenvalue weighted by Crippen LogP contribution is -2.20. The van der Waals surface area contributed by atoms with Gasteiger partial charge in [0, 0.05) is 12.6 Å². The first kappa shape index (κ1) is 10.5. The van der Waals surface area contributed by atoms with Crippen LogP contribution in [0.15, 0.2) is 47.1 Å². The lowest BCUT2D eigenvalue weighted by atomic mass is 10.0. The number of benzene rings is 1. The van der Waals surface area contributed by atoms with E-state index in [4.69, 9.17) is 4.42 Å². The molecule has 0 aliphatic carbocycles. The molecule has 0 atom stereocenters. The number of likely N-dealkylation sites (N-methyl/N-ethyl adjacent to an activating group) is 1. The Bertz CT molecular complexity index is 474. The van der Waals surface area contributed by atoms with Crippen LogP contribution >= 0.6 is 0 Å². The second-order valence-corrected chi connectivity index (χ2v) is 3.48. The highest BCUT2D eigenvalue weighted by atomic mass is 16.3. The molecule has 0 aliphatic heterocycles. The second kappa shape index (κ2) is 4.66. The quantitative estimate of drug-likeness (QED) is 0.853. The van der Waals surface area contributed by atoms with E-state index in [1.54, 1.807) is 13.3 Å². The number of rotatable bonds is 3. The number of carbonyl (C=O) groups excluding carboxylic acids is 1. The molecule has 2 aromatic rings. The van der Waals surface area contributed by atoms with Crippen molar-refractivity contribution in [2.75, 3.05) is 7.05 Å². The molecule has 0 aliphatic rings. The summed E-state index contributed by atoms with van der Waals surface area (Å²) < 4.78 is 5.34. The van der Waals surface area contributed by atoms with Gasteiger partial charge in [-0.25, -0.2) is 0 Å². The Morgan fingerprint density at radius 3 is 2.75 bits per heavy atom. The van der Waals surface area contributed by atoms with E-state index < -0.39 is 0 Å². The van der Waals surface area contributed by atoms with Crippen molar-refractivity contribution in [2.24, 2.45) is 0 Å². The molecule has 1 aromatic heterocycles. The van der Waals surface area contributed by atoms with Crippen LogP contribution in [0.2, 0.25) is 0 Å². The molecule has 82 valence electrons. The topological polar surface area (TPSA) is 42.2 Å². The summed E-state index contributed by atoms with van der Waals surface area (Å²) in [5, 5.41) is 2.62. The molecule has 0 saturated heterocycles. The summed E-state index contributed by atoms with van der Waals surface area (Å²) in [4.78, 5) is 11.4. The van der Waals surface area contributed by atoms with E-state index in [1.165, 1.54) is 0 Å². The Hall–Kier alpha value is -2.03. The molecule has 3 nitrogen and oxygen atoms in total. The molecular formula is C13H13NO2. The summed E-state index contributed by atoms with van der Waals surface area (Å²) in [6, 6.07) is 11.5. The Kier molecular flexibility index (Phi) is 3.05. The zero-order chi connectivity index (χ0) is 11.4. The molecule has 1 amide bonds. The number of carbonyl (C=O) groups is 1. The maximum absolute atomic E-state index is 11.4. The molecule has 0 saturated carbocycles. The molecule has 0 unspecified atom stereocenters. The summed E-state index contributed by atoms with van der Waals surface area (Å²) in [5.74, 6) is 0.790. The SMILES string of the molecule is CNC(=O)Cc1ccccc1-c1ccco1. The van der Waals surface area contributed by atoms with Crippen LogP contribution in [0.1, 0.15) is 5.56 Å². The van der Waals surface area contributed by atoms with Crippen molar-refractivity contribution in [3.63, 3.8) is 0 Å². The third kappa shape index (κ3) is 2.14. The molecule has 1 heterocycles. The van der Waals surface area contributed by atoms with Gasteiger partial charge in [0.05, 0.1) is 12.7 Å². The predicted molar refractivity (Wildman–Crippen MR) is 61.9 cm³/mol. The summed E-state index contributed by atoms with van der Waals surface area (Å²) in [6.45, 7) is 0. The highest BCUT2D eigenvalue weighted by molar-refractivity contribution is 5.80. The molecule has 0 spiro atoms. The lowest BCUT2D eigenvalue weighted by molar-refractivity contribution is -0.119. The van der Waals surface area contributed by atoms with Crippen molar-refractivity contribution in [3.8, 4) is 11.3 Å². The number of furan rings is 1. The van der Waals surface area contributed by atoms with Crippen LogP contribution in [-0.4, -0.2) is 13.0 Å². The van der Waals surface area contributed by atoms with Gasteiger partial charge in [-0.3, -0.25) is 4.79 Å². The summed E-state index contributed by atoms with van der Waals surface area (Å²) in [5.41, 5.74) is 1.94. The smallest absolute Gasteiger partial charge is 0.224 e. The van der Waals surface area contributed by atoms with Crippen molar-refractivity contribution < 1.29 is 9.21 Å². The van der Waals surface area contributed by atoms with Gasteiger partial charge in [0.1, 0.15) is 5.76 Å². The Labute approximate surface area is 94.1 Å². The summed E-state index contributed by atoms with van der Waals surface area (Å²) in [7, 11) is 1.64. The molecule has 1 aromatic carbocycles. The van der Waals surface area contributed by atoms with Crippen LogP contribution < -0.4 is 5.32 Å². The molecule has 1 N–H and O–H groups in total. The molecule has 2 rings (SSSR count). The number of nitrogens with one attached hydrogen (secondary N) is 1. The van der Waals surface area contributed by atoms with Gasteiger partial charge in [-0.1, -0.05) is 24.3 Å². The summed E-state index contributed by atoms with van der Waals surface area (Å²) >= 11 is 0. The van der Waals surface area contributed by atoms with Crippen LogP contribution in [0.5, 0.6) is 0 Å². The zero-order valence-corrected chi connectivity index (χ0v) is 9.07. The first-order chi connectivity index (χ1) is 7.81. The van der Waals surface area contributed by atoms with Crippen molar-refractivity contribution >= 4 is 5.91 Å². The van der Waals surface area contributed by atoms with E-state index in [1.807, 2.05) is 36.4 Å². The lowest BCUT2D eigenvalue weighted by Gasteiger charge is -2.06. The van der Waals surface area contributed by atoms with E-state index >= 15 is 0 Å². The van der Waals surface area contributed by atoms with Gasteiger partial charge >= 0.3 is 0 Å². The maximum Gasteiger partial charge on any atom is 0.224 e. The van der Waals surface area contributed by atoms with E-state index in [0.717, 1.165) is 16.9 Å². The maximum atomic E-state index is 11.4. The van der Waals surface area contributed by atoms with Gasteiger partial charge in [-0.05, 0) is 17.7 Å². The third-order valence-electron chi connectivity index (χ3n) is 2.43. The average molecular weight is 215 g/mol. The first-order valence-electron chi connectivity index (χ1n) is 5.13. The molecular weight excluding hydrogens is 202 g/mol. The van der Waals surface area contributed by atoms with E-state index in [0.29, 0.717) is 6.42 Å². The number of hydrogen-bond donors (Lipinski definition) is 1. The summed E-state index contributed by atoms with van der Waals surface area (Å²) in [6.07, 6.45) is 2.00. The van der Waals surface area contributed by atoms with Crippen molar-refractivity contribution in [3.05, 3.63) is 48.2 Å². The molecule has 0 radical (unpaired) electrons. The van der Waals surface area contributed by atoms with E-state index in [2.05, 4.69) is 5.32 Å². The average Bonchev–Trinajstić information content (AvgIpc) is 2.83. The molecule has 16 heavy (non-hydrogen) atoms. The van der Waals surface area contributed by atoms with Crippen LogP contribution in [-0.2, 0) is 11.2 Å². The normalized spacial score (nSPS) is 10.1. The van der Waals surface area contributed by atoms with Gasteiger partial charge in [-0.2, -0.15) is 0 Å². The van der Waals surface area contributed by atoms with Crippen LogP contribution in [0.4, 0.5) is 0 Å². The molecule has 0 fully saturated rings. The first-order valence-corrected chi connectivity index (χ1v) is 5.13.